The van der Waals surface area contributed by atoms with E-state index in [4.69, 9.17) is 23.2 Å². The molecule has 3 N–H and O–H groups in total. The molecule has 0 saturated heterocycles. The number of quaternary nitrogens is 1. The van der Waals surface area contributed by atoms with Gasteiger partial charge in [-0.1, -0.05) is 29.3 Å². The summed E-state index contributed by atoms with van der Waals surface area (Å²) in [5.74, 6) is 0. The summed E-state index contributed by atoms with van der Waals surface area (Å²) < 4.78 is 0. The lowest BCUT2D eigenvalue weighted by atomic mass is 10.2. The summed E-state index contributed by atoms with van der Waals surface area (Å²) in [6.45, 7) is 0.747. The van der Waals surface area contributed by atoms with Crippen LogP contribution in [0.2, 0.25) is 10.0 Å². The van der Waals surface area contributed by atoms with Crippen molar-refractivity contribution in [1.82, 2.24) is 0 Å². The highest BCUT2D eigenvalue weighted by atomic mass is 35.5. The van der Waals surface area contributed by atoms with Gasteiger partial charge in [0, 0.05) is 5.56 Å². The third kappa shape index (κ3) is 1.63. The summed E-state index contributed by atoms with van der Waals surface area (Å²) in [6, 6.07) is 5.53. The Balaban J connectivity index is 3.04. The Labute approximate surface area is 69.7 Å². The van der Waals surface area contributed by atoms with E-state index < -0.39 is 0 Å². The van der Waals surface area contributed by atoms with E-state index in [9.17, 15) is 0 Å². The molecule has 0 saturated carbocycles. The maximum atomic E-state index is 5.73. The van der Waals surface area contributed by atoms with Crippen molar-refractivity contribution < 1.29 is 5.73 Å². The molecule has 0 spiro atoms. The van der Waals surface area contributed by atoms with E-state index in [1.54, 1.807) is 6.07 Å². The van der Waals surface area contributed by atoms with Crippen molar-refractivity contribution in [3.05, 3.63) is 33.8 Å². The molecule has 1 aromatic rings. The lowest BCUT2D eigenvalue weighted by Crippen LogP contribution is -2.47. The van der Waals surface area contributed by atoms with E-state index >= 15 is 0 Å². The zero-order valence-electron chi connectivity index (χ0n) is 5.40. The molecule has 3 heteroatoms. The van der Waals surface area contributed by atoms with Gasteiger partial charge in [0.05, 0.1) is 16.6 Å². The molecule has 0 radical (unpaired) electrons. The summed E-state index contributed by atoms with van der Waals surface area (Å²) in [7, 11) is 0. The molecule has 10 heavy (non-hydrogen) atoms. The van der Waals surface area contributed by atoms with E-state index in [0.29, 0.717) is 10.0 Å². The average Bonchev–Trinajstić information content (AvgIpc) is 1.95. The van der Waals surface area contributed by atoms with Crippen LogP contribution in [0.5, 0.6) is 0 Å². The number of hydrogen-bond acceptors (Lipinski definition) is 0. The Morgan fingerprint density at radius 2 is 1.90 bits per heavy atom. The molecule has 54 valence electrons. The van der Waals surface area contributed by atoms with E-state index in [1.165, 1.54) is 0 Å². The maximum Gasteiger partial charge on any atom is 0.0997 e. The van der Waals surface area contributed by atoms with Gasteiger partial charge >= 0.3 is 0 Å². The molecule has 0 unspecified atom stereocenters. The minimum atomic E-state index is 0.596. The Hall–Kier alpha value is -0.240. The van der Waals surface area contributed by atoms with Crippen molar-refractivity contribution in [2.45, 2.75) is 6.54 Å². The largest absolute Gasteiger partial charge is 0.354 e. The lowest BCUT2D eigenvalue weighted by molar-refractivity contribution is -0.386. The summed E-state index contributed by atoms with van der Waals surface area (Å²) in [5.41, 5.74) is 4.83. The van der Waals surface area contributed by atoms with Gasteiger partial charge in [-0.15, -0.1) is 0 Å². The summed E-state index contributed by atoms with van der Waals surface area (Å²) in [5, 5.41) is 1.20. The zero-order valence-corrected chi connectivity index (χ0v) is 6.91. The van der Waals surface area contributed by atoms with Crippen molar-refractivity contribution in [2.24, 2.45) is 0 Å². The van der Waals surface area contributed by atoms with Gasteiger partial charge in [-0.2, -0.15) is 0 Å². The van der Waals surface area contributed by atoms with Gasteiger partial charge < -0.3 is 5.73 Å². The first-order valence-corrected chi connectivity index (χ1v) is 3.73. The lowest BCUT2D eigenvalue weighted by Gasteiger charge is -1.96. The van der Waals surface area contributed by atoms with Crippen LogP contribution in [0.4, 0.5) is 0 Å². The number of halogens is 2. The van der Waals surface area contributed by atoms with Crippen LogP contribution in [0.25, 0.3) is 0 Å². The van der Waals surface area contributed by atoms with Crippen LogP contribution < -0.4 is 5.73 Å². The SMILES string of the molecule is [NH3+]Cc1ccc(Cl)c(Cl)c1. The van der Waals surface area contributed by atoms with Crippen LogP contribution >= 0.6 is 23.2 Å². The molecule has 0 bridgehead atoms. The molecule has 0 atom stereocenters. The highest BCUT2D eigenvalue weighted by molar-refractivity contribution is 6.41. The second-order valence-electron chi connectivity index (χ2n) is 2.00. The van der Waals surface area contributed by atoms with E-state index in [2.05, 4.69) is 5.73 Å². The van der Waals surface area contributed by atoms with E-state index in [1.807, 2.05) is 12.1 Å². The molecular formula is C7H8Cl2N+. The van der Waals surface area contributed by atoms with Crippen LogP contribution in [0.3, 0.4) is 0 Å². The Morgan fingerprint density at radius 1 is 1.20 bits per heavy atom. The van der Waals surface area contributed by atoms with Gasteiger partial charge in [-0.3, -0.25) is 0 Å². The van der Waals surface area contributed by atoms with Crippen molar-refractivity contribution in [3.63, 3.8) is 0 Å². The molecule has 1 rings (SSSR count). The quantitative estimate of drug-likeness (QED) is 0.676. The van der Waals surface area contributed by atoms with Crippen LogP contribution in [0.1, 0.15) is 5.56 Å². The van der Waals surface area contributed by atoms with Gasteiger partial charge in [0.25, 0.3) is 0 Å². The van der Waals surface area contributed by atoms with Crippen LogP contribution in [0, 0.1) is 0 Å². The number of rotatable bonds is 1. The zero-order chi connectivity index (χ0) is 7.56. The molecule has 0 fully saturated rings. The summed E-state index contributed by atoms with van der Waals surface area (Å²) >= 11 is 11.4. The van der Waals surface area contributed by atoms with Crippen LogP contribution in [-0.2, 0) is 6.54 Å². The van der Waals surface area contributed by atoms with Gasteiger partial charge in [0.15, 0.2) is 0 Å². The minimum absolute atomic E-state index is 0.596. The predicted octanol–water partition coefficient (Wildman–Crippen LogP) is 1.74. The molecule has 0 aromatic heterocycles. The molecule has 1 aromatic carbocycles. The van der Waals surface area contributed by atoms with Crippen molar-refractivity contribution in [1.29, 1.82) is 0 Å². The molecule has 0 amide bonds. The highest BCUT2D eigenvalue weighted by Crippen LogP contribution is 2.21. The first-order chi connectivity index (χ1) is 4.74. The van der Waals surface area contributed by atoms with Crippen LogP contribution in [0.15, 0.2) is 18.2 Å². The second kappa shape index (κ2) is 3.24. The molecular weight excluding hydrogens is 169 g/mol. The molecule has 0 aliphatic heterocycles. The highest BCUT2D eigenvalue weighted by Gasteiger charge is 1.97. The predicted molar refractivity (Wildman–Crippen MR) is 43.1 cm³/mol. The first kappa shape index (κ1) is 7.86. The third-order valence-corrected chi connectivity index (χ3v) is 2.01. The molecule has 0 aliphatic carbocycles. The monoisotopic (exact) mass is 176 g/mol. The Kier molecular flexibility index (Phi) is 2.55. The smallest absolute Gasteiger partial charge is 0.0997 e. The topological polar surface area (TPSA) is 27.6 Å². The number of hydrogen-bond donors (Lipinski definition) is 1. The van der Waals surface area contributed by atoms with Gasteiger partial charge in [-0.05, 0) is 12.1 Å². The van der Waals surface area contributed by atoms with Crippen molar-refractivity contribution in [2.75, 3.05) is 0 Å². The number of benzene rings is 1. The van der Waals surface area contributed by atoms with Gasteiger partial charge in [0.2, 0.25) is 0 Å². The van der Waals surface area contributed by atoms with E-state index in [0.717, 1.165) is 12.1 Å². The molecule has 0 aliphatic rings. The third-order valence-electron chi connectivity index (χ3n) is 1.27. The second-order valence-corrected chi connectivity index (χ2v) is 2.81. The molecule has 1 nitrogen and oxygen atoms in total. The summed E-state index contributed by atoms with van der Waals surface area (Å²) in [6.07, 6.45) is 0. The van der Waals surface area contributed by atoms with E-state index in [-0.39, 0.29) is 0 Å². The summed E-state index contributed by atoms with van der Waals surface area (Å²) in [4.78, 5) is 0. The van der Waals surface area contributed by atoms with Crippen LogP contribution in [-0.4, -0.2) is 0 Å². The van der Waals surface area contributed by atoms with Crippen molar-refractivity contribution in [3.8, 4) is 0 Å². The normalized spacial score (nSPS) is 9.90. The Bertz CT molecular complexity index is 235. The standard InChI is InChI=1S/C7H7Cl2N/c8-6-2-1-5(4-10)3-7(6)9/h1-3H,4,10H2/p+1. The molecule has 0 heterocycles. The van der Waals surface area contributed by atoms with Gasteiger partial charge in [-0.25, -0.2) is 0 Å². The first-order valence-electron chi connectivity index (χ1n) is 2.97. The van der Waals surface area contributed by atoms with Crippen molar-refractivity contribution >= 4 is 23.2 Å². The fourth-order valence-corrected chi connectivity index (χ4v) is 1.02. The van der Waals surface area contributed by atoms with Gasteiger partial charge in [0.1, 0.15) is 0 Å². The average molecular weight is 177 g/mol. The maximum absolute atomic E-state index is 5.73. The minimum Gasteiger partial charge on any atom is -0.354 e. The fourth-order valence-electron chi connectivity index (χ4n) is 0.695. The Morgan fingerprint density at radius 3 is 2.40 bits per heavy atom. The fraction of sp³-hybridized carbons (Fsp3) is 0.143.